The van der Waals surface area contributed by atoms with E-state index in [0.29, 0.717) is 12.6 Å². The van der Waals surface area contributed by atoms with E-state index < -0.39 is 0 Å². The van der Waals surface area contributed by atoms with Crippen molar-refractivity contribution in [2.75, 3.05) is 19.6 Å². The van der Waals surface area contributed by atoms with Gasteiger partial charge in [-0.05, 0) is 37.4 Å². The van der Waals surface area contributed by atoms with Gasteiger partial charge in [-0.25, -0.2) is 0 Å². The highest BCUT2D eigenvalue weighted by atomic mass is 15.2. The predicted octanol–water partition coefficient (Wildman–Crippen LogP) is 1.75. The fourth-order valence-electron chi connectivity index (χ4n) is 2.53. The molecule has 1 aliphatic heterocycles. The number of hydrogen-bond acceptors (Lipinski definition) is 2. The highest BCUT2D eigenvalue weighted by molar-refractivity contribution is 5.10. The molecular weight excluding hydrogens is 186 g/mol. The maximum Gasteiger partial charge on any atom is 0.0622 e. The predicted molar refractivity (Wildman–Crippen MR) is 62.6 cm³/mol. The van der Waals surface area contributed by atoms with E-state index in [1.165, 1.54) is 31.6 Å². The van der Waals surface area contributed by atoms with Crippen LogP contribution in [-0.2, 0) is 0 Å². The van der Waals surface area contributed by atoms with Gasteiger partial charge in [0.1, 0.15) is 0 Å². The fraction of sp³-hybridized carbons (Fsp3) is 0.667. The van der Waals surface area contributed by atoms with Crippen LogP contribution in [0.25, 0.3) is 0 Å². The number of rotatable bonds is 3. The summed E-state index contributed by atoms with van der Waals surface area (Å²) in [5, 5.41) is 0. The van der Waals surface area contributed by atoms with Gasteiger partial charge >= 0.3 is 0 Å². The van der Waals surface area contributed by atoms with Crippen molar-refractivity contribution >= 4 is 0 Å². The first-order valence-corrected chi connectivity index (χ1v) is 5.88. The van der Waals surface area contributed by atoms with Gasteiger partial charge in [-0.3, -0.25) is 4.90 Å². The average molecular weight is 207 g/mol. The molecule has 84 valence electrons. The molecule has 2 unspecified atom stereocenters. The zero-order valence-electron chi connectivity index (χ0n) is 9.45. The topological polar surface area (TPSA) is 45.0 Å². The molecule has 1 aromatic rings. The molecule has 0 aromatic carbocycles. The third-order valence-corrected chi connectivity index (χ3v) is 3.33. The van der Waals surface area contributed by atoms with Gasteiger partial charge in [0.25, 0.3) is 0 Å². The number of nitrogens with one attached hydrogen (secondary N) is 1. The van der Waals surface area contributed by atoms with Gasteiger partial charge in [-0.2, -0.15) is 0 Å². The van der Waals surface area contributed by atoms with Gasteiger partial charge in [-0.1, -0.05) is 6.92 Å². The summed E-state index contributed by atoms with van der Waals surface area (Å²) in [6.07, 6.45) is 4.64. The number of aromatic nitrogens is 1. The molecule has 1 aliphatic rings. The SMILES string of the molecule is CC1CCCN(C(CN)c2ccc[nH]2)C1. The molecule has 1 aromatic heterocycles. The van der Waals surface area contributed by atoms with Crippen LogP contribution in [0.5, 0.6) is 0 Å². The maximum atomic E-state index is 5.88. The maximum absolute atomic E-state index is 5.88. The number of hydrogen-bond donors (Lipinski definition) is 2. The van der Waals surface area contributed by atoms with Gasteiger partial charge < -0.3 is 10.7 Å². The summed E-state index contributed by atoms with van der Waals surface area (Å²) >= 11 is 0. The van der Waals surface area contributed by atoms with Crippen molar-refractivity contribution in [3.63, 3.8) is 0 Å². The van der Waals surface area contributed by atoms with Crippen molar-refractivity contribution < 1.29 is 0 Å². The Kier molecular flexibility index (Phi) is 3.44. The van der Waals surface area contributed by atoms with Crippen LogP contribution >= 0.6 is 0 Å². The van der Waals surface area contributed by atoms with Crippen LogP contribution in [0, 0.1) is 5.92 Å². The average Bonchev–Trinajstić information content (AvgIpc) is 2.72. The fourth-order valence-corrected chi connectivity index (χ4v) is 2.53. The summed E-state index contributed by atoms with van der Waals surface area (Å²) in [7, 11) is 0. The molecule has 0 amide bonds. The lowest BCUT2D eigenvalue weighted by atomic mass is 9.98. The molecule has 2 atom stereocenters. The van der Waals surface area contributed by atoms with E-state index in [-0.39, 0.29) is 0 Å². The Morgan fingerprint density at radius 2 is 2.53 bits per heavy atom. The third-order valence-electron chi connectivity index (χ3n) is 3.33. The first-order valence-electron chi connectivity index (χ1n) is 5.88. The lowest BCUT2D eigenvalue weighted by Gasteiger charge is -2.36. The van der Waals surface area contributed by atoms with Gasteiger partial charge in [-0.15, -0.1) is 0 Å². The third kappa shape index (κ3) is 2.41. The second-order valence-corrected chi connectivity index (χ2v) is 4.62. The monoisotopic (exact) mass is 207 g/mol. The summed E-state index contributed by atoms with van der Waals surface area (Å²) in [5.74, 6) is 0.808. The van der Waals surface area contributed by atoms with E-state index in [4.69, 9.17) is 5.73 Å². The summed E-state index contributed by atoms with van der Waals surface area (Å²) in [4.78, 5) is 5.79. The molecule has 3 heteroatoms. The van der Waals surface area contributed by atoms with E-state index in [2.05, 4.69) is 22.9 Å². The number of nitrogens with two attached hydrogens (primary N) is 1. The van der Waals surface area contributed by atoms with Crippen LogP contribution in [0.2, 0.25) is 0 Å². The molecule has 2 rings (SSSR count). The quantitative estimate of drug-likeness (QED) is 0.793. The summed E-state index contributed by atoms with van der Waals surface area (Å²) in [6, 6.07) is 4.56. The zero-order valence-corrected chi connectivity index (χ0v) is 9.45. The van der Waals surface area contributed by atoms with Crippen LogP contribution in [0.1, 0.15) is 31.5 Å². The highest BCUT2D eigenvalue weighted by Crippen LogP contribution is 2.24. The summed E-state index contributed by atoms with van der Waals surface area (Å²) in [6.45, 7) is 5.40. The van der Waals surface area contributed by atoms with Crippen LogP contribution in [0.3, 0.4) is 0 Å². The molecule has 0 saturated carbocycles. The summed E-state index contributed by atoms with van der Waals surface area (Å²) < 4.78 is 0. The van der Waals surface area contributed by atoms with Gasteiger partial charge in [0, 0.05) is 25.0 Å². The van der Waals surface area contributed by atoms with Crippen LogP contribution in [-0.4, -0.2) is 29.5 Å². The first-order chi connectivity index (χ1) is 7.31. The Morgan fingerprint density at radius 3 is 3.13 bits per heavy atom. The van der Waals surface area contributed by atoms with Crippen LogP contribution in [0.4, 0.5) is 0 Å². The largest absolute Gasteiger partial charge is 0.364 e. The Morgan fingerprint density at radius 1 is 1.67 bits per heavy atom. The second-order valence-electron chi connectivity index (χ2n) is 4.62. The lowest BCUT2D eigenvalue weighted by molar-refractivity contribution is 0.131. The van der Waals surface area contributed by atoms with Crippen molar-refractivity contribution in [3.8, 4) is 0 Å². The molecule has 15 heavy (non-hydrogen) atoms. The summed E-state index contributed by atoms with van der Waals surface area (Å²) in [5.41, 5.74) is 7.13. The van der Waals surface area contributed by atoms with E-state index in [0.717, 1.165) is 5.92 Å². The number of piperidine rings is 1. The molecule has 2 heterocycles. The smallest absolute Gasteiger partial charge is 0.0622 e. The highest BCUT2D eigenvalue weighted by Gasteiger charge is 2.24. The minimum atomic E-state index is 0.378. The van der Waals surface area contributed by atoms with Crippen molar-refractivity contribution in [3.05, 3.63) is 24.0 Å². The van der Waals surface area contributed by atoms with Crippen molar-refractivity contribution in [1.82, 2.24) is 9.88 Å². The molecule has 0 radical (unpaired) electrons. The molecule has 0 bridgehead atoms. The molecular formula is C12H21N3. The first kappa shape index (κ1) is 10.7. The molecule has 1 fully saturated rings. The van der Waals surface area contributed by atoms with E-state index in [1.54, 1.807) is 0 Å². The Bertz CT molecular complexity index is 281. The molecule has 1 saturated heterocycles. The van der Waals surface area contributed by atoms with Gasteiger partial charge in [0.2, 0.25) is 0 Å². The molecule has 3 N–H and O–H groups in total. The number of likely N-dealkylation sites (tertiary alicyclic amines) is 1. The van der Waals surface area contributed by atoms with E-state index >= 15 is 0 Å². The van der Waals surface area contributed by atoms with E-state index in [1.807, 2.05) is 12.3 Å². The standard InChI is InChI=1S/C12H21N3/c1-10-4-3-7-15(9-10)12(8-13)11-5-2-6-14-11/h2,5-6,10,12,14H,3-4,7-9,13H2,1H3. The number of aromatic amines is 1. The minimum absolute atomic E-state index is 0.378. The number of nitrogens with zero attached hydrogens (tertiary/aromatic N) is 1. The zero-order chi connectivity index (χ0) is 10.7. The normalized spacial score (nSPS) is 25.3. The van der Waals surface area contributed by atoms with E-state index in [9.17, 15) is 0 Å². The van der Waals surface area contributed by atoms with Crippen molar-refractivity contribution in [2.45, 2.75) is 25.8 Å². The second kappa shape index (κ2) is 4.81. The van der Waals surface area contributed by atoms with Crippen molar-refractivity contribution in [2.24, 2.45) is 11.7 Å². The van der Waals surface area contributed by atoms with Crippen molar-refractivity contribution in [1.29, 1.82) is 0 Å². The number of H-pyrrole nitrogens is 1. The molecule has 3 nitrogen and oxygen atoms in total. The minimum Gasteiger partial charge on any atom is -0.364 e. The lowest BCUT2D eigenvalue weighted by Crippen LogP contribution is -2.40. The Labute approximate surface area is 91.7 Å². The Hall–Kier alpha value is -0.800. The van der Waals surface area contributed by atoms with Gasteiger partial charge in [0.05, 0.1) is 6.04 Å². The molecule has 0 aliphatic carbocycles. The van der Waals surface area contributed by atoms with Gasteiger partial charge in [0.15, 0.2) is 0 Å². The molecule has 0 spiro atoms. The van der Waals surface area contributed by atoms with Crippen LogP contribution < -0.4 is 5.73 Å². The Balaban J connectivity index is 2.06. The van der Waals surface area contributed by atoms with Crippen LogP contribution in [0.15, 0.2) is 18.3 Å².